The van der Waals surface area contributed by atoms with Crippen molar-refractivity contribution in [1.82, 2.24) is 4.90 Å². The lowest BCUT2D eigenvalue weighted by Gasteiger charge is -2.35. The van der Waals surface area contributed by atoms with Gasteiger partial charge >= 0.3 is 19.3 Å². The van der Waals surface area contributed by atoms with Crippen molar-refractivity contribution >= 4 is 19.3 Å². The van der Waals surface area contributed by atoms with Crippen LogP contribution in [-0.2, 0) is 18.8 Å². The van der Waals surface area contributed by atoms with Gasteiger partial charge in [0.15, 0.2) is 12.2 Å². The number of hydrogen-bond acceptors (Lipinski definition) is 7. The Balaban J connectivity index is 1.42. The molecule has 2 amide bonds. The Labute approximate surface area is 222 Å². The molecule has 206 valence electrons. The highest BCUT2D eigenvalue weighted by atomic mass is 16.7. The maximum absolute atomic E-state index is 12.9. The monoisotopic (exact) mass is 518 g/mol. The van der Waals surface area contributed by atoms with Crippen molar-refractivity contribution in [2.45, 2.75) is 129 Å². The number of azo groups is 2. The molecule has 0 spiro atoms. The normalized spacial score (nSPS) is 28.8. The van der Waals surface area contributed by atoms with Gasteiger partial charge in [0.25, 0.3) is 0 Å². The van der Waals surface area contributed by atoms with Crippen molar-refractivity contribution in [3.63, 3.8) is 0 Å². The average Bonchev–Trinajstić information content (AvgIpc) is 3.37. The van der Waals surface area contributed by atoms with Crippen molar-refractivity contribution in [3.8, 4) is 0 Å². The third-order valence-electron chi connectivity index (χ3n) is 7.73. The molecule has 9 nitrogen and oxygen atoms in total. The van der Waals surface area contributed by atoms with E-state index < -0.39 is 41.7 Å². The van der Waals surface area contributed by atoms with E-state index in [4.69, 9.17) is 23.9 Å². The predicted molar refractivity (Wildman–Crippen MR) is 139 cm³/mol. The molecule has 0 aromatic carbocycles. The van der Waals surface area contributed by atoms with E-state index in [-0.39, 0.29) is 24.5 Å². The molecule has 2 aliphatic carbocycles. The molecule has 1 saturated heterocycles. The Hall–Kier alpha value is -1.94. The lowest BCUT2D eigenvalue weighted by Crippen LogP contribution is -2.49. The van der Waals surface area contributed by atoms with E-state index in [0.29, 0.717) is 5.92 Å². The zero-order chi connectivity index (χ0) is 27.6. The predicted octanol–water partition coefficient (Wildman–Crippen LogP) is 5.71. The number of carbonyl (C=O) groups is 2. The summed E-state index contributed by atoms with van der Waals surface area (Å²) in [7, 11) is -0.393. The van der Waals surface area contributed by atoms with E-state index in [2.05, 4.69) is 38.6 Å². The first kappa shape index (κ1) is 28.1. The van der Waals surface area contributed by atoms with Crippen molar-refractivity contribution < 1.29 is 33.1 Å². The molecule has 0 bridgehead atoms. The van der Waals surface area contributed by atoms with E-state index in [1.165, 1.54) is 12.8 Å². The summed E-state index contributed by atoms with van der Waals surface area (Å²) >= 11 is 0. The number of nitrogens with zero attached hydrogens (tertiary/aromatic N) is 3. The van der Waals surface area contributed by atoms with E-state index in [1.54, 1.807) is 41.5 Å². The highest BCUT2D eigenvalue weighted by molar-refractivity contribution is 6.55. The third-order valence-corrected chi connectivity index (χ3v) is 7.73. The van der Waals surface area contributed by atoms with Gasteiger partial charge in [-0.2, -0.15) is 0 Å². The SMILES string of the molecule is CC(C)(C)OC(=O)N(CC1CC([N+]2=NC(C3CC3)C(B3OC(C)(C)C(C)(C)O3)=C2)C1)C(=O)OC(C)(C)C. The Bertz CT molecular complexity index is 939. The van der Waals surface area contributed by atoms with Gasteiger partial charge in [0, 0.05) is 19.4 Å². The molecule has 0 aromatic rings. The van der Waals surface area contributed by atoms with Crippen molar-refractivity contribution in [3.05, 3.63) is 11.7 Å². The molecule has 0 N–H and O–H groups in total. The number of carbonyl (C=O) groups excluding carboxylic acids is 2. The Kier molecular flexibility index (Phi) is 7.11. The molecule has 2 heterocycles. The summed E-state index contributed by atoms with van der Waals surface area (Å²) in [5.74, 6) is 0.690. The minimum Gasteiger partial charge on any atom is -0.443 e. The molecule has 4 aliphatic rings. The maximum Gasteiger partial charge on any atom is 0.499 e. The van der Waals surface area contributed by atoms with Crippen LogP contribution in [0.15, 0.2) is 16.8 Å². The number of rotatable bonds is 5. The highest BCUT2D eigenvalue weighted by Crippen LogP contribution is 2.46. The maximum atomic E-state index is 12.9. The molecule has 0 radical (unpaired) electrons. The van der Waals surface area contributed by atoms with Crippen LogP contribution in [0, 0.1) is 11.8 Å². The van der Waals surface area contributed by atoms with Crippen molar-refractivity contribution in [2.75, 3.05) is 6.54 Å². The third kappa shape index (κ3) is 6.38. The summed E-state index contributed by atoms with van der Waals surface area (Å²) < 4.78 is 25.8. The summed E-state index contributed by atoms with van der Waals surface area (Å²) in [6.07, 6.45) is 4.75. The Morgan fingerprint density at radius 2 is 1.49 bits per heavy atom. The second-order valence-electron chi connectivity index (χ2n) is 14.1. The van der Waals surface area contributed by atoms with Gasteiger partial charge in [-0.25, -0.2) is 14.5 Å². The largest absolute Gasteiger partial charge is 0.499 e. The van der Waals surface area contributed by atoms with Crippen LogP contribution in [0.4, 0.5) is 9.59 Å². The van der Waals surface area contributed by atoms with E-state index >= 15 is 0 Å². The van der Waals surface area contributed by atoms with Crippen LogP contribution in [-0.4, -0.2) is 69.9 Å². The molecular weight excluding hydrogens is 473 g/mol. The zero-order valence-electron chi connectivity index (χ0n) is 24.3. The molecule has 37 heavy (non-hydrogen) atoms. The summed E-state index contributed by atoms with van der Waals surface area (Å²) in [6, 6.07) is 0.305. The van der Waals surface area contributed by atoms with Gasteiger partial charge in [0.1, 0.15) is 17.2 Å². The summed E-state index contributed by atoms with van der Waals surface area (Å²) in [4.78, 5) is 26.8. The lowest BCUT2D eigenvalue weighted by molar-refractivity contribution is -0.580. The summed E-state index contributed by atoms with van der Waals surface area (Å²) in [5.41, 5.74) is -1.10. The quantitative estimate of drug-likeness (QED) is 0.342. The van der Waals surface area contributed by atoms with Crippen LogP contribution < -0.4 is 0 Å². The molecule has 3 fully saturated rings. The first-order chi connectivity index (χ1) is 16.9. The lowest BCUT2D eigenvalue weighted by atomic mass is 9.73. The number of ether oxygens (including phenoxy) is 2. The Morgan fingerprint density at radius 1 is 1.00 bits per heavy atom. The molecule has 1 atom stereocenters. The molecule has 2 saturated carbocycles. The molecular formula is C27H45BN3O6+. The van der Waals surface area contributed by atoms with Crippen LogP contribution >= 0.6 is 0 Å². The van der Waals surface area contributed by atoms with E-state index in [9.17, 15) is 9.59 Å². The molecule has 4 rings (SSSR count). The summed E-state index contributed by atoms with van der Waals surface area (Å²) in [6.45, 7) is 19.2. The van der Waals surface area contributed by atoms with Gasteiger partial charge in [-0.1, -0.05) is 4.70 Å². The molecule has 2 aliphatic heterocycles. The fourth-order valence-corrected chi connectivity index (χ4v) is 4.81. The zero-order valence-corrected chi connectivity index (χ0v) is 24.3. The first-order valence-electron chi connectivity index (χ1n) is 13.6. The average molecular weight is 518 g/mol. The van der Waals surface area contributed by atoms with Crippen LogP contribution in [0.1, 0.15) is 94.9 Å². The van der Waals surface area contributed by atoms with Crippen LogP contribution in [0.3, 0.4) is 0 Å². The van der Waals surface area contributed by atoms with Crippen molar-refractivity contribution in [1.29, 1.82) is 0 Å². The van der Waals surface area contributed by atoms with Crippen LogP contribution in [0.5, 0.6) is 0 Å². The number of amides is 2. The standard InChI is InChI=1S/C27H45BN3O6/c1-24(2,3)34-22(32)30(23(33)35-25(4,5)6)15-17-13-19(14-17)31-16-20(21(29-31)18-11-12-18)28-36-26(7,8)27(9,10)37-28/h16-19,21H,11-15H2,1-10H3/q+1. The van der Waals surface area contributed by atoms with Gasteiger partial charge in [-0.05, 0) is 99.0 Å². The smallest absolute Gasteiger partial charge is 0.443 e. The Morgan fingerprint density at radius 3 is 1.92 bits per heavy atom. The molecule has 10 heteroatoms. The number of hydrogen-bond donors (Lipinski definition) is 0. The van der Waals surface area contributed by atoms with Gasteiger partial charge in [-0.3, -0.25) is 0 Å². The first-order valence-corrected chi connectivity index (χ1v) is 13.6. The second kappa shape index (κ2) is 9.36. The van der Waals surface area contributed by atoms with Gasteiger partial charge < -0.3 is 18.8 Å². The van der Waals surface area contributed by atoms with Crippen molar-refractivity contribution in [2.24, 2.45) is 17.0 Å². The van der Waals surface area contributed by atoms with Gasteiger partial charge in [0.05, 0.1) is 16.7 Å². The minimum absolute atomic E-state index is 0.0915. The van der Waals surface area contributed by atoms with Crippen LogP contribution in [0.2, 0.25) is 0 Å². The highest BCUT2D eigenvalue weighted by Gasteiger charge is 2.58. The van der Waals surface area contributed by atoms with Gasteiger partial charge in [-0.15, -0.1) is 0 Å². The van der Waals surface area contributed by atoms with Gasteiger partial charge in [0.2, 0.25) is 0 Å². The molecule has 1 unspecified atom stereocenters. The topological polar surface area (TPSA) is 89.7 Å². The van der Waals surface area contributed by atoms with E-state index in [0.717, 1.165) is 23.2 Å². The molecule has 0 aromatic heterocycles. The van der Waals surface area contributed by atoms with E-state index in [1.807, 2.05) is 0 Å². The van der Waals surface area contributed by atoms with Crippen LogP contribution in [0.25, 0.3) is 0 Å². The fraction of sp³-hybridized carbons (Fsp3) is 0.852. The second-order valence-corrected chi connectivity index (χ2v) is 14.1. The fourth-order valence-electron chi connectivity index (χ4n) is 4.81. The summed E-state index contributed by atoms with van der Waals surface area (Å²) in [5, 5.41) is 5.06. The number of imide groups is 1. The minimum atomic E-state index is -0.708.